The van der Waals surface area contributed by atoms with E-state index in [1.165, 1.54) is 54.9 Å². The average molecular weight is 469 g/mol. The number of benzene rings is 2. The smallest absolute Gasteiger partial charge is 0.396 e. The number of rotatable bonds is 4. The van der Waals surface area contributed by atoms with Gasteiger partial charge in [0.05, 0.1) is 15.3 Å². The van der Waals surface area contributed by atoms with Crippen molar-refractivity contribution in [3.05, 3.63) is 87.9 Å². The molecule has 0 fully saturated rings. The molecule has 0 radical (unpaired) electrons. The summed E-state index contributed by atoms with van der Waals surface area (Å²) in [6.45, 7) is 6.09. The Hall–Kier alpha value is -3.30. The van der Waals surface area contributed by atoms with E-state index in [-0.39, 0.29) is 21.6 Å². The Morgan fingerprint density at radius 2 is 1.66 bits per heavy atom. The SMILES string of the molecule is CC(C)(C)c1ccc(S(=O)(=O)N(C(=O)c2ccncc2)c2ccc3oc(=O)sc3c2)cc1. The molecule has 1 amide bonds. The summed E-state index contributed by atoms with van der Waals surface area (Å²) < 4.78 is 33.6. The highest BCUT2D eigenvalue weighted by Crippen LogP contribution is 2.31. The molecule has 0 unspecified atom stereocenters. The first-order valence-electron chi connectivity index (χ1n) is 9.71. The zero-order valence-electron chi connectivity index (χ0n) is 17.6. The highest BCUT2D eigenvalue weighted by molar-refractivity contribution is 7.93. The Kier molecular flexibility index (Phi) is 5.47. The first-order chi connectivity index (χ1) is 15.1. The van der Waals surface area contributed by atoms with Gasteiger partial charge in [0.25, 0.3) is 15.9 Å². The second kappa shape index (κ2) is 7.99. The van der Waals surface area contributed by atoms with E-state index in [0.29, 0.717) is 10.3 Å². The van der Waals surface area contributed by atoms with Crippen LogP contribution in [0.1, 0.15) is 36.7 Å². The Bertz CT molecular complexity index is 1450. The summed E-state index contributed by atoms with van der Waals surface area (Å²) >= 11 is 0.837. The Morgan fingerprint density at radius 1 is 1.00 bits per heavy atom. The molecule has 4 aromatic rings. The van der Waals surface area contributed by atoms with E-state index in [4.69, 9.17) is 4.42 Å². The van der Waals surface area contributed by atoms with E-state index in [1.54, 1.807) is 12.1 Å². The predicted octanol–water partition coefficient (Wildman–Crippen LogP) is 4.58. The van der Waals surface area contributed by atoms with Crippen LogP contribution in [0.15, 0.2) is 81.1 Å². The second-order valence-corrected chi connectivity index (χ2v) is 10.9. The number of anilines is 1. The molecule has 0 spiro atoms. The summed E-state index contributed by atoms with van der Waals surface area (Å²) in [5.41, 5.74) is 1.41. The van der Waals surface area contributed by atoms with Crippen LogP contribution in [-0.2, 0) is 15.4 Å². The molecule has 0 saturated heterocycles. The van der Waals surface area contributed by atoms with Gasteiger partial charge in [-0.2, -0.15) is 4.31 Å². The van der Waals surface area contributed by atoms with Gasteiger partial charge in [-0.25, -0.2) is 13.2 Å². The number of carbonyl (C=O) groups excluding carboxylic acids is 1. The standard InChI is InChI=1S/C23H20N2O5S2/c1-23(2,3)16-4-7-18(8-5-16)32(28,29)25(21(26)15-10-12-24-13-11-15)17-6-9-19-20(14-17)31-22(27)30-19/h4-14H,1-3H3. The van der Waals surface area contributed by atoms with Gasteiger partial charge in [-0.05, 0) is 53.4 Å². The summed E-state index contributed by atoms with van der Waals surface area (Å²) in [6, 6.07) is 13.8. The van der Waals surface area contributed by atoms with Gasteiger partial charge >= 0.3 is 4.94 Å². The molecule has 9 heteroatoms. The van der Waals surface area contributed by atoms with Gasteiger partial charge in [0.15, 0.2) is 0 Å². The molecule has 0 aliphatic carbocycles. The van der Waals surface area contributed by atoms with Gasteiger partial charge in [0.1, 0.15) is 5.58 Å². The van der Waals surface area contributed by atoms with Gasteiger partial charge in [-0.3, -0.25) is 9.78 Å². The lowest BCUT2D eigenvalue weighted by Gasteiger charge is -2.24. The van der Waals surface area contributed by atoms with Crippen LogP contribution >= 0.6 is 11.3 Å². The maximum absolute atomic E-state index is 13.7. The van der Waals surface area contributed by atoms with E-state index >= 15 is 0 Å². The van der Waals surface area contributed by atoms with Crippen molar-refractivity contribution in [2.75, 3.05) is 4.31 Å². The highest BCUT2D eigenvalue weighted by atomic mass is 32.2. The van der Waals surface area contributed by atoms with Crippen molar-refractivity contribution in [2.45, 2.75) is 31.1 Å². The minimum absolute atomic E-state index is 0.0200. The first kappa shape index (κ1) is 21.9. The van der Waals surface area contributed by atoms with E-state index in [0.717, 1.165) is 21.2 Å². The maximum Gasteiger partial charge on any atom is 0.396 e. The summed E-state index contributed by atoms with van der Waals surface area (Å²) in [7, 11) is -4.27. The van der Waals surface area contributed by atoms with E-state index in [9.17, 15) is 18.0 Å². The predicted molar refractivity (Wildman–Crippen MR) is 124 cm³/mol. The molecule has 0 aliphatic heterocycles. The number of pyridine rings is 1. The minimum Gasteiger partial charge on any atom is -0.414 e. The highest BCUT2D eigenvalue weighted by Gasteiger charge is 2.32. The molecule has 2 heterocycles. The lowest BCUT2D eigenvalue weighted by molar-refractivity contribution is 0.100. The van der Waals surface area contributed by atoms with Gasteiger partial charge in [0.2, 0.25) is 0 Å². The van der Waals surface area contributed by atoms with Crippen LogP contribution in [0.2, 0.25) is 0 Å². The fourth-order valence-corrected chi connectivity index (χ4v) is 5.30. The number of sulfonamides is 1. The van der Waals surface area contributed by atoms with Crippen LogP contribution in [0.3, 0.4) is 0 Å². The number of aromatic nitrogens is 1. The number of hydrogen-bond acceptors (Lipinski definition) is 7. The largest absolute Gasteiger partial charge is 0.414 e. The van der Waals surface area contributed by atoms with Crippen LogP contribution in [0, 0.1) is 0 Å². The Morgan fingerprint density at radius 3 is 2.28 bits per heavy atom. The lowest BCUT2D eigenvalue weighted by atomic mass is 9.87. The number of fused-ring (bicyclic) bond motifs is 1. The minimum atomic E-state index is -4.27. The van der Waals surface area contributed by atoms with Crippen molar-refractivity contribution < 1.29 is 17.6 Å². The zero-order chi connectivity index (χ0) is 23.1. The van der Waals surface area contributed by atoms with Crippen LogP contribution in [0.5, 0.6) is 0 Å². The van der Waals surface area contributed by atoms with Crippen molar-refractivity contribution in [1.82, 2.24) is 4.98 Å². The molecular formula is C23H20N2O5S2. The molecule has 0 saturated carbocycles. The van der Waals surface area contributed by atoms with Crippen molar-refractivity contribution in [3.63, 3.8) is 0 Å². The molecule has 7 nitrogen and oxygen atoms in total. The molecule has 4 rings (SSSR count). The molecule has 2 aromatic carbocycles. The van der Waals surface area contributed by atoms with Gasteiger partial charge in [0, 0.05) is 18.0 Å². The summed E-state index contributed by atoms with van der Waals surface area (Å²) in [5, 5.41) is 0. The maximum atomic E-state index is 13.7. The molecule has 0 N–H and O–H groups in total. The molecule has 32 heavy (non-hydrogen) atoms. The number of nitrogens with zero attached hydrogens (tertiary/aromatic N) is 2. The second-order valence-electron chi connectivity index (χ2n) is 8.17. The zero-order valence-corrected chi connectivity index (χ0v) is 19.2. The van der Waals surface area contributed by atoms with Crippen molar-refractivity contribution in [2.24, 2.45) is 0 Å². The fraction of sp³-hybridized carbons (Fsp3) is 0.174. The Balaban J connectivity index is 1.87. The molecular weight excluding hydrogens is 448 g/mol. The van der Waals surface area contributed by atoms with Crippen LogP contribution in [0.4, 0.5) is 5.69 Å². The van der Waals surface area contributed by atoms with E-state index < -0.39 is 20.9 Å². The van der Waals surface area contributed by atoms with Crippen LogP contribution in [-0.4, -0.2) is 19.3 Å². The Labute approximate surface area is 189 Å². The third-order valence-corrected chi connectivity index (χ3v) is 7.43. The average Bonchev–Trinajstić information content (AvgIpc) is 3.13. The molecule has 164 valence electrons. The monoisotopic (exact) mass is 468 g/mol. The quantitative estimate of drug-likeness (QED) is 0.435. The number of hydrogen-bond donors (Lipinski definition) is 0. The van der Waals surface area contributed by atoms with Crippen LogP contribution in [0.25, 0.3) is 10.3 Å². The number of carbonyl (C=O) groups is 1. The third kappa shape index (κ3) is 4.09. The normalized spacial score (nSPS) is 12.1. The third-order valence-electron chi connectivity index (χ3n) is 4.92. The van der Waals surface area contributed by atoms with Gasteiger partial charge < -0.3 is 4.42 Å². The molecule has 0 atom stereocenters. The van der Waals surface area contributed by atoms with E-state index in [2.05, 4.69) is 4.98 Å². The molecule has 2 aromatic heterocycles. The van der Waals surface area contributed by atoms with Gasteiger partial charge in [-0.15, -0.1) is 0 Å². The lowest BCUT2D eigenvalue weighted by Crippen LogP contribution is -2.37. The summed E-state index contributed by atoms with van der Waals surface area (Å²) in [4.78, 5) is 28.3. The van der Waals surface area contributed by atoms with Crippen molar-refractivity contribution >= 4 is 43.2 Å². The first-order valence-corrected chi connectivity index (χ1v) is 12.0. The van der Waals surface area contributed by atoms with Gasteiger partial charge in [-0.1, -0.05) is 44.2 Å². The summed E-state index contributed by atoms with van der Waals surface area (Å²) in [5.74, 6) is -0.734. The fourth-order valence-electron chi connectivity index (χ4n) is 3.20. The number of amides is 1. The van der Waals surface area contributed by atoms with Crippen molar-refractivity contribution in [3.8, 4) is 0 Å². The molecule has 0 aliphatic rings. The summed E-state index contributed by atoms with van der Waals surface area (Å²) in [6.07, 6.45) is 2.84. The van der Waals surface area contributed by atoms with E-state index in [1.807, 2.05) is 20.8 Å². The molecule has 0 bridgehead atoms. The topological polar surface area (TPSA) is 97.6 Å². The van der Waals surface area contributed by atoms with Crippen molar-refractivity contribution in [1.29, 1.82) is 0 Å². The van der Waals surface area contributed by atoms with Crippen LogP contribution < -0.4 is 9.24 Å².